The van der Waals surface area contributed by atoms with Crippen LogP contribution in [0.2, 0.25) is 0 Å². The maximum absolute atomic E-state index is 5.96. The first-order valence-electron chi connectivity index (χ1n) is 6.05. The van der Waals surface area contributed by atoms with Crippen molar-refractivity contribution in [1.82, 2.24) is 14.6 Å². The Labute approximate surface area is 106 Å². The third-order valence-electron chi connectivity index (χ3n) is 3.77. The van der Waals surface area contributed by atoms with Crippen molar-refractivity contribution < 1.29 is 9.31 Å². The molecule has 0 radical (unpaired) electrons. The van der Waals surface area contributed by atoms with Crippen LogP contribution in [-0.4, -0.2) is 32.9 Å². The summed E-state index contributed by atoms with van der Waals surface area (Å²) in [7, 11) is -0.421. The highest BCUT2D eigenvalue weighted by molar-refractivity contribution is 6.61. The first-order chi connectivity index (χ1) is 8.39. The van der Waals surface area contributed by atoms with Crippen molar-refractivity contribution in [2.75, 3.05) is 0 Å². The monoisotopic (exact) mass is 245 g/mol. The molecular weight excluding hydrogens is 229 g/mol. The Morgan fingerprint density at radius 1 is 1.11 bits per heavy atom. The van der Waals surface area contributed by atoms with Gasteiger partial charge in [-0.05, 0) is 33.8 Å². The van der Waals surface area contributed by atoms with Crippen LogP contribution >= 0.6 is 0 Å². The summed E-state index contributed by atoms with van der Waals surface area (Å²) in [5.41, 5.74) is 0.890. The largest absolute Gasteiger partial charge is 0.514 e. The average molecular weight is 245 g/mol. The maximum Gasteiger partial charge on any atom is 0.514 e. The van der Waals surface area contributed by atoms with Gasteiger partial charge in [-0.3, -0.25) is 0 Å². The second-order valence-electron chi connectivity index (χ2n) is 5.57. The lowest BCUT2D eigenvalue weighted by molar-refractivity contribution is 0.00578. The SMILES string of the molecule is CC1(C)OB(c2ccn3nccc3n2)OC1(C)C. The molecular formula is C12H16BN3O2. The number of hydrogen-bond acceptors (Lipinski definition) is 4. The smallest absolute Gasteiger partial charge is 0.398 e. The lowest BCUT2D eigenvalue weighted by atomic mass is 9.84. The van der Waals surface area contributed by atoms with Gasteiger partial charge in [0, 0.05) is 12.3 Å². The van der Waals surface area contributed by atoms with Crippen LogP contribution in [0.4, 0.5) is 0 Å². The van der Waals surface area contributed by atoms with E-state index in [1.165, 1.54) is 0 Å². The molecule has 1 aliphatic heterocycles. The van der Waals surface area contributed by atoms with Gasteiger partial charge >= 0.3 is 7.12 Å². The molecule has 94 valence electrons. The van der Waals surface area contributed by atoms with Gasteiger partial charge < -0.3 is 9.31 Å². The fourth-order valence-corrected chi connectivity index (χ4v) is 1.92. The number of rotatable bonds is 1. The van der Waals surface area contributed by atoms with Gasteiger partial charge in [-0.1, -0.05) is 0 Å². The van der Waals surface area contributed by atoms with Crippen molar-refractivity contribution in [3.8, 4) is 0 Å². The maximum atomic E-state index is 5.96. The van der Waals surface area contributed by atoms with Crippen molar-refractivity contribution in [1.29, 1.82) is 0 Å². The summed E-state index contributed by atoms with van der Waals surface area (Å²) in [6.07, 6.45) is 3.58. The Morgan fingerprint density at radius 2 is 1.78 bits per heavy atom. The summed E-state index contributed by atoms with van der Waals surface area (Å²) in [5.74, 6) is 0. The van der Waals surface area contributed by atoms with Gasteiger partial charge in [0.1, 0.15) is 0 Å². The Morgan fingerprint density at radius 3 is 2.44 bits per heavy atom. The lowest BCUT2D eigenvalue weighted by Gasteiger charge is -2.32. The molecule has 5 nitrogen and oxygen atoms in total. The number of aromatic nitrogens is 3. The summed E-state index contributed by atoms with van der Waals surface area (Å²) in [6.45, 7) is 8.13. The number of nitrogens with zero attached hydrogens (tertiary/aromatic N) is 3. The first-order valence-corrected chi connectivity index (χ1v) is 6.05. The quantitative estimate of drug-likeness (QED) is 0.704. The van der Waals surface area contributed by atoms with Gasteiger partial charge in [-0.15, -0.1) is 0 Å². The van der Waals surface area contributed by atoms with E-state index >= 15 is 0 Å². The molecule has 1 saturated heterocycles. The first kappa shape index (κ1) is 11.7. The van der Waals surface area contributed by atoms with E-state index in [4.69, 9.17) is 9.31 Å². The van der Waals surface area contributed by atoms with Crippen LogP contribution < -0.4 is 5.59 Å². The minimum atomic E-state index is -0.421. The molecule has 0 amide bonds. The van der Waals surface area contributed by atoms with E-state index in [0.29, 0.717) is 0 Å². The van der Waals surface area contributed by atoms with Gasteiger partial charge in [0.05, 0.1) is 23.0 Å². The van der Waals surface area contributed by atoms with E-state index in [-0.39, 0.29) is 11.2 Å². The van der Waals surface area contributed by atoms with Crippen LogP contribution in [0.5, 0.6) is 0 Å². The minimum Gasteiger partial charge on any atom is -0.398 e. The van der Waals surface area contributed by atoms with E-state index in [2.05, 4.69) is 10.1 Å². The van der Waals surface area contributed by atoms with Crippen molar-refractivity contribution >= 4 is 18.4 Å². The molecule has 18 heavy (non-hydrogen) atoms. The predicted octanol–water partition coefficient (Wildman–Crippen LogP) is 1.03. The minimum absolute atomic E-state index is 0.342. The standard InChI is InChI=1S/C12H16BN3O2/c1-11(2)12(3,4)18-13(17-11)9-6-8-16-10(15-9)5-7-14-16/h5-8H,1-4H3. The fraction of sp³-hybridized carbons (Fsp3) is 0.500. The molecule has 0 aliphatic carbocycles. The van der Waals surface area contributed by atoms with Gasteiger partial charge in [0.25, 0.3) is 0 Å². The molecule has 0 atom stereocenters. The second-order valence-corrected chi connectivity index (χ2v) is 5.57. The zero-order valence-electron chi connectivity index (χ0n) is 11.0. The van der Waals surface area contributed by atoms with Crippen LogP contribution in [-0.2, 0) is 9.31 Å². The normalized spacial score (nSPS) is 21.7. The highest BCUT2D eigenvalue weighted by Gasteiger charge is 2.52. The number of fused-ring (bicyclic) bond motifs is 1. The molecule has 3 heterocycles. The molecule has 0 aromatic carbocycles. The molecule has 2 aromatic rings. The van der Waals surface area contributed by atoms with E-state index < -0.39 is 7.12 Å². The van der Waals surface area contributed by atoms with E-state index in [1.807, 2.05) is 46.0 Å². The van der Waals surface area contributed by atoms with E-state index in [1.54, 1.807) is 10.7 Å². The van der Waals surface area contributed by atoms with E-state index in [9.17, 15) is 0 Å². The Balaban J connectivity index is 1.96. The van der Waals surface area contributed by atoms with Crippen LogP contribution in [0.25, 0.3) is 5.65 Å². The van der Waals surface area contributed by atoms with Gasteiger partial charge in [0.2, 0.25) is 0 Å². The molecule has 0 saturated carbocycles. The van der Waals surface area contributed by atoms with Crippen LogP contribution in [0.1, 0.15) is 27.7 Å². The molecule has 0 unspecified atom stereocenters. The zero-order chi connectivity index (χ0) is 13.0. The molecule has 6 heteroatoms. The molecule has 1 aliphatic rings. The molecule has 0 bridgehead atoms. The average Bonchev–Trinajstić information content (AvgIpc) is 2.80. The zero-order valence-corrected chi connectivity index (χ0v) is 11.0. The highest BCUT2D eigenvalue weighted by atomic mass is 16.7. The van der Waals surface area contributed by atoms with Gasteiger partial charge in [-0.2, -0.15) is 5.10 Å². The lowest BCUT2D eigenvalue weighted by Crippen LogP contribution is -2.41. The summed E-state index contributed by atoms with van der Waals surface area (Å²) in [6, 6.07) is 3.73. The Kier molecular flexibility index (Phi) is 2.31. The topological polar surface area (TPSA) is 48.7 Å². The third-order valence-corrected chi connectivity index (χ3v) is 3.77. The van der Waals surface area contributed by atoms with Crippen molar-refractivity contribution in [3.63, 3.8) is 0 Å². The van der Waals surface area contributed by atoms with Crippen LogP contribution in [0.15, 0.2) is 24.5 Å². The fourth-order valence-electron chi connectivity index (χ4n) is 1.92. The van der Waals surface area contributed by atoms with E-state index in [0.717, 1.165) is 11.2 Å². The summed E-state index contributed by atoms with van der Waals surface area (Å²) in [4.78, 5) is 4.50. The molecule has 0 N–H and O–H groups in total. The predicted molar refractivity (Wildman–Crippen MR) is 68.7 cm³/mol. The van der Waals surface area contributed by atoms with Crippen LogP contribution in [0.3, 0.4) is 0 Å². The summed E-state index contributed by atoms with van der Waals surface area (Å²) >= 11 is 0. The summed E-state index contributed by atoms with van der Waals surface area (Å²) in [5, 5.41) is 4.12. The van der Waals surface area contributed by atoms with Crippen molar-refractivity contribution in [3.05, 3.63) is 24.5 Å². The van der Waals surface area contributed by atoms with Crippen molar-refractivity contribution in [2.24, 2.45) is 0 Å². The second kappa shape index (κ2) is 3.55. The summed E-state index contributed by atoms with van der Waals surface area (Å²) < 4.78 is 13.6. The molecule has 3 rings (SSSR count). The van der Waals surface area contributed by atoms with Gasteiger partial charge in [0.15, 0.2) is 5.65 Å². The molecule has 0 spiro atoms. The Bertz CT molecular complexity index is 578. The molecule has 1 fully saturated rings. The van der Waals surface area contributed by atoms with Crippen LogP contribution in [0, 0.1) is 0 Å². The van der Waals surface area contributed by atoms with Crippen molar-refractivity contribution in [2.45, 2.75) is 38.9 Å². The number of hydrogen-bond donors (Lipinski definition) is 0. The highest BCUT2D eigenvalue weighted by Crippen LogP contribution is 2.36. The Hall–Kier alpha value is -1.40. The van der Waals surface area contributed by atoms with Gasteiger partial charge in [-0.25, -0.2) is 9.50 Å². The molecule has 2 aromatic heterocycles. The third kappa shape index (κ3) is 1.64.